The molecule has 2 saturated heterocycles. The van der Waals surface area contributed by atoms with Crippen LogP contribution in [0.1, 0.15) is 47.5 Å². The zero-order valence-corrected chi connectivity index (χ0v) is 20.4. The van der Waals surface area contributed by atoms with Gasteiger partial charge in [-0.1, -0.05) is 49.2 Å². The highest BCUT2D eigenvalue weighted by molar-refractivity contribution is 5.95. The van der Waals surface area contributed by atoms with E-state index in [2.05, 4.69) is 0 Å². The van der Waals surface area contributed by atoms with Crippen molar-refractivity contribution in [1.82, 2.24) is 14.7 Å². The van der Waals surface area contributed by atoms with Gasteiger partial charge in [0.1, 0.15) is 0 Å². The number of hydrogen-bond acceptors (Lipinski definition) is 4. The maximum atomic E-state index is 13.0. The summed E-state index contributed by atoms with van der Waals surface area (Å²) in [4.78, 5) is 43.4. The first-order valence-corrected chi connectivity index (χ1v) is 12.5. The highest BCUT2D eigenvalue weighted by Gasteiger charge is 2.54. The third kappa shape index (κ3) is 4.22. The summed E-state index contributed by atoms with van der Waals surface area (Å²) in [5.41, 5.74) is 3.65. The van der Waals surface area contributed by atoms with E-state index in [0.717, 1.165) is 42.4 Å². The normalized spacial score (nSPS) is 24.2. The lowest BCUT2D eigenvalue weighted by molar-refractivity contribution is -0.168. The van der Waals surface area contributed by atoms with Crippen LogP contribution in [-0.4, -0.2) is 83.4 Å². The van der Waals surface area contributed by atoms with Crippen molar-refractivity contribution in [2.75, 3.05) is 33.8 Å². The fourth-order valence-corrected chi connectivity index (χ4v) is 6.09. The fraction of sp³-hybridized carbons (Fsp3) is 0.464. The van der Waals surface area contributed by atoms with Gasteiger partial charge >= 0.3 is 0 Å². The van der Waals surface area contributed by atoms with Gasteiger partial charge < -0.3 is 19.8 Å². The predicted molar refractivity (Wildman–Crippen MR) is 133 cm³/mol. The van der Waals surface area contributed by atoms with Gasteiger partial charge in [0.2, 0.25) is 11.8 Å². The highest BCUT2D eigenvalue weighted by atomic mass is 16.3. The maximum Gasteiger partial charge on any atom is 0.253 e. The van der Waals surface area contributed by atoms with E-state index in [1.165, 1.54) is 0 Å². The first kappa shape index (κ1) is 23.5. The minimum atomic E-state index is -0.261. The third-order valence-electron chi connectivity index (χ3n) is 7.91. The molecule has 0 unspecified atom stereocenters. The Kier molecular flexibility index (Phi) is 6.36. The average molecular weight is 476 g/mol. The molecule has 7 heteroatoms. The lowest BCUT2D eigenvalue weighted by atomic mass is 9.73. The van der Waals surface area contributed by atoms with Crippen LogP contribution in [-0.2, 0) is 9.59 Å². The summed E-state index contributed by atoms with van der Waals surface area (Å²) in [5.74, 6) is 0.0448. The Morgan fingerprint density at radius 3 is 2.40 bits per heavy atom. The zero-order chi connectivity index (χ0) is 24.7. The molecule has 184 valence electrons. The number of piperazine rings is 1. The number of amides is 3. The van der Waals surface area contributed by atoms with Crippen LogP contribution in [0.3, 0.4) is 0 Å². The Labute approximate surface area is 206 Å². The second kappa shape index (κ2) is 9.46. The molecule has 3 fully saturated rings. The lowest BCUT2D eigenvalue weighted by Crippen LogP contribution is -2.73. The van der Waals surface area contributed by atoms with E-state index < -0.39 is 0 Å². The Bertz CT molecular complexity index is 1120. The standard InChI is InChI=1S/C28H33N3O4/c1-29(2)27(34)22-9-5-8-21(14-22)18-10-12-19(13-11-18)26-23-15-30(28(35)20-6-3-4-7-20)16-25(33)31(23)24(26)17-32/h5,8-14,20,23-24,26,32H,3-4,6-7,15-17H2,1-2H3/t23-,24+,26-/m1/s1. The summed E-state index contributed by atoms with van der Waals surface area (Å²) >= 11 is 0. The molecule has 2 aromatic carbocycles. The van der Waals surface area contributed by atoms with Gasteiger partial charge in [-0.3, -0.25) is 14.4 Å². The molecule has 3 atom stereocenters. The molecule has 3 aliphatic rings. The van der Waals surface area contributed by atoms with Crippen LogP contribution in [0.2, 0.25) is 0 Å². The number of fused-ring (bicyclic) bond motifs is 1. The smallest absolute Gasteiger partial charge is 0.253 e. The van der Waals surface area contributed by atoms with Crippen LogP contribution < -0.4 is 0 Å². The van der Waals surface area contributed by atoms with E-state index in [9.17, 15) is 19.5 Å². The van der Waals surface area contributed by atoms with Crippen LogP contribution in [0, 0.1) is 5.92 Å². The number of aliphatic hydroxyl groups is 1. The van der Waals surface area contributed by atoms with Crippen molar-refractivity contribution in [3.8, 4) is 11.1 Å². The molecule has 1 aliphatic carbocycles. The Hall–Kier alpha value is -3.19. The van der Waals surface area contributed by atoms with E-state index >= 15 is 0 Å². The van der Waals surface area contributed by atoms with Gasteiger partial charge in [0, 0.05) is 38.0 Å². The largest absolute Gasteiger partial charge is 0.394 e. The molecule has 0 aromatic heterocycles. The molecule has 5 rings (SSSR count). The number of nitrogens with zero attached hydrogens (tertiary/aromatic N) is 3. The Morgan fingerprint density at radius 2 is 1.74 bits per heavy atom. The number of rotatable bonds is 5. The summed E-state index contributed by atoms with van der Waals surface area (Å²) in [5, 5.41) is 10.1. The fourth-order valence-electron chi connectivity index (χ4n) is 6.09. The monoisotopic (exact) mass is 475 g/mol. The second-order valence-electron chi connectivity index (χ2n) is 10.2. The van der Waals surface area contributed by atoms with Crippen molar-refractivity contribution in [2.24, 2.45) is 5.92 Å². The zero-order valence-electron chi connectivity index (χ0n) is 20.4. The van der Waals surface area contributed by atoms with Gasteiger partial charge in [0.25, 0.3) is 5.91 Å². The minimum absolute atomic E-state index is 0.0150. The van der Waals surface area contributed by atoms with Gasteiger partial charge in [-0.05, 0) is 41.7 Å². The summed E-state index contributed by atoms with van der Waals surface area (Å²) < 4.78 is 0. The summed E-state index contributed by atoms with van der Waals surface area (Å²) in [6, 6.07) is 15.3. The van der Waals surface area contributed by atoms with Gasteiger partial charge in [-0.15, -0.1) is 0 Å². The highest BCUT2D eigenvalue weighted by Crippen LogP contribution is 2.43. The first-order valence-electron chi connectivity index (χ1n) is 12.5. The molecule has 1 N–H and O–H groups in total. The number of benzene rings is 2. The number of carbonyl (C=O) groups excluding carboxylic acids is 3. The van der Waals surface area contributed by atoms with E-state index in [-0.39, 0.29) is 54.8 Å². The Balaban J connectivity index is 1.35. The number of carbonyl (C=O) groups is 3. The molecule has 0 radical (unpaired) electrons. The molecule has 0 bridgehead atoms. The predicted octanol–water partition coefficient (Wildman–Crippen LogP) is 2.74. The molecule has 0 spiro atoms. The second-order valence-corrected chi connectivity index (χ2v) is 10.2. The van der Waals surface area contributed by atoms with Gasteiger partial charge in [0.05, 0.1) is 25.2 Å². The minimum Gasteiger partial charge on any atom is -0.394 e. The van der Waals surface area contributed by atoms with Gasteiger partial charge in [-0.25, -0.2) is 0 Å². The van der Waals surface area contributed by atoms with Gasteiger partial charge in [-0.2, -0.15) is 0 Å². The molecule has 35 heavy (non-hydrogen) atoms. The van der Waals surface area contributed by atoms with Crippen LogP contribution in [0.15, 0.2) is 48.5 Å². The topological polar surface area (TPSA) is 81.2 Å². The van der Waals surface area contributed by atoms with Crippen molar-refractivity contribution in [2.45, 2.75) is 43.7 Å². The molecule has 2 aliphatic heterocycles. The number of hydrogen-bond donors (Lipinski definition) is 1. The van der Waals surface area contributed by atoms with Crippen molar-refractivity contribution >= 4 is 17.7 Å². The van der Waals surface area contributed by atoms with Crippen molar-refractivity contribution in [3.05, 3.63) is 59.7 Å². The van der Waals surface area contributed by atoms with Crippen LogP contribution in [0.4, 0.5) is 0 Å². The average Bonchev–Trinajstić information content (AvgIpc) is 3.40. The van der Waals surface area contributed by atoms with E-state index in [4.69, 9.17) is 0 Å². The SMILES string of the molecule is CN(C)C(=O)c1cccc(-c2ccc([C@@H]3[C@H]4CN(C(=O)C5CCCC5)CC(=O)N4[C@H]3CO)cc2)c1. The van der Waals surface area contributed by atoms with Crippen LogP contribution in [0.5, 0.6) is 0 Å². The van der Waals surface area contributed by atoms with Crippen molar-refractivity contribution in [3.63, 3.8) is 0 Å². The van der Waals surface area contributed by atoms with Crippen LogP contribution >= 0.6 is 0 Å². The summed E-state index contributed by atoms with van der Waals surface area (Å²) in [6.45, 7) is 0.550. The molecular weight excluding hydrogens is 442 g/mol. The summed E-state index contributed by atoms with van der Waals surface area (Å²) in [6.07, 6.45) is 4.01. The number of aliphatic hydroxyl groups excluding tert-OH is 1. The lowest BCUT2D eigenvalue weighted by Gasteiger charge is -2.59. The summed E-state index contributed by atoms with van der Waals surface area (Å²) in [7, 11) is 3.48. The van der Waals surface area contributed by atoms with Crippen molar-refractivity contribution in [1.29, 1.82) is 0 Å². The molecule has 2 heterocycles. The Morgan fingerprint density at radius 1 is 1.03 bits per heavy atom. The van der Waals surface area contributed by atoms with E-state index in [1.807, 2.05) is 48.5 Å². The molecule has 3 amide bonds. The molecule has 7 nitrogen and oxygen atoms in total. The van der Waals surface area contributed by atoms with Crippen LogP contribution in [0.25, 0.3) is 11.1 Å². The third-order valence-corrected chi connectivity index (χ3v) is 7.91. The molecule has 1 saturated carbocycles. The van der Waals surface area contributed by atoms with Crippen molar-refractivity contribution < 1.29 is 19.5 Å². The molecular formula is C28H33N3O4. The van der Waals surface area contributed by atoms with Gasteiger partial charge in [0.15, 0.2) is 0 Å². The quantitative estimate of drug-likeness (QED) is 0.721. The molecule has 2 aromatic rings. The van der Waals surface area contributed by atoms with E-state index in [1.54, 1.807) is 28.8 Å². The first-order chi connectivity index (χ1) is 16.9. The maximum absolute atomic E-state index is 13.0. The van der Waals surface area contributed by atoms with E-state index in [0.29, 0.717) is 12.1 Å².